The Labute approximate surface area is 183 Å². The van der Waals surface area contributed by atoms with Crippen LogP contribution in [0.5, 0.6) is 0 Å². The van der Waals surface area contributed by atoms with Gasteiger partial charge in [-0.1, -0.05) is 0 Å². The number of ether oxygens (including phenoxy) is 2. The number of thiazole rings is 1. The van der Waals surface area contributed by atoms with Crippen LogP contribution in [0.1, 0.15) is 58.2 Å². The number of nitrogens with one attached hydrogen (secondary N) is 1. The zero-order chi connectivity index (χ0) is 21.7. The van der Waals surface area contributed by atoms with Gasteiger partial charge in [0.2, 0.25) is 0 Å². The summed E-state index contributed by atoms with van der Waals surface area (Å²) in [7, 11) is 0. The molecule has 0 bridgehead atoms. The Morgan fingerprint density at radius 3 is 2.73 bits per heavy atom. The number of carbonyl (C=O) groups excluding carboxylic acids is 3. The first-order chi connectivity index (χ1) is 14.3. The Balaban J connectivity index is 1.63. The molecule has 2 heterocycles. The van der Waals surface area contributed by atoms with Crippen LogP contribution in [0, 0.1) is 6.92 Å². The molecule has 1 aliphatic rings. The molecule has 0 saturated carbocycles. The molecule has 30 heavy (non-hydrogen) atoms. The zero-order valence-electron chi connectivity index (χ0n) is 17.1. The highest BCUT2D eigenvalue weighted by atomic mass is 32.1. The van der Waals surface area contributed by atoms with Gasteiger partial charge in [-0.25, -0.2) is 14.6 Å². The van der Waals surface area contributed by atoms with E-state index in [1.54, 1.807) is 13.8 Å². The van der Waals surface area contributed by atoms with E-state index in [0.29, 0.717) is 16.3 Å². The van der Waals surface area contributed by atoms with Gasteiger partial charge >= 0.3 is 11.9 Å². The van der Waals surface area contributed by atoms with Crippen molar-refractivity contribution in [1.29, 1.82) is 0 Å². The molecule has 0 unspecified atom stereocenters. The average Bonchev–Trinajstić information content (AvgIpc) is 3.26. The van der Waals surface area contributed by atoms with E-state index in [1.165, 1.54) is 34.8 Å². The van der Waals surface area contributed by atoms with E-state index in [4.69, 9.17) is 9.47 Å². The van der Waals surface area contributed by atoms with Gasteiger partial charge in [0.05, 0.1) is 22.4 Å². The van der Waals surface area contributed by atoms with E-state index in [-0.39, 0.29) is 6.10 Å². The fraction of sp³-hybridized carbons (Fsp3) is 0.429. The number of thiophene rings is 1. The molecule has 0 spiro atoms. The number of rotatable bonds is 7. The number of amides is 1. The highest BCUT2D eigenvalue weighted by Crippen LogP contribution is 2.38. The number of nitrogens with zero attached hydrogens (tertiary/aromatic N) is 1. The predicted molar refractivity (Wildman–Crippen MR) is 117 cm³/mol. The van der Waals surface area contributed by atoms with E-state index >= 15 is 0 Å². The minimum absolute atomic E-state index is 0.255. The minimum Gasteiger partial charge on any atom is -0.459 e. The van der Waals surface area contributed by atoms with Gasteiger partial charge in [0.25, 0.3) is 5.91 Å². The lowest BCUT2D eigenvalue weighted by Gasteiger charge is -2.14. The molecule has 2 aromatic rings. The van der Waals surface area contributed by atoms with Gasteiger partial charge in [0, 0.05) is 16.3 Å². The quantitative estimate of drug-likeness (QED) is 0.505. The second-order valence-electron chi connectivity index (χ2n) is 7.15. The molecular weight excluding hydrogens is 424 g/mol. The summed E-state index contributed by atoms with van der Waals surface area (Å²) in [5, 5.41) is 5.90. The number of hydrogen-bond donors (Lipinski definition) is 1. The van der Waals surface area contributed by atoms with Crippen molar-refractivity contribution in [2.45, 2.75) is 52.6 Å². The van der Waals surface area contributed by atoms with E-state index < -0.39 is 24.5 Å². The van der Waals surface area contributed by atoms with Crippen LogP contribution in [-0.2, 0) is 31.9 Å². The number of esters is 2. The van der Waals surface area contributed by atoms with Gasteiger partial charge in [0.15, 0.2) is 6.61 Å². The van der Waals surface area contributed by atoms with Gasteiger partial charge in [-0.2, -0.15) is 0 Å². The summed E-state index contributed by atoms with van der Waals surface area (Å²) in [5.41, 5.74) is 2.06. The molecule has 1 N–H and O–H groups in total. The van der Waals surface area contributed by atoms with Crippen molar-refractivity contribution in [3.05, 3.63) is 38.2 Å². The highest BCUT2D eigenvalue weighted by Gasteiger charge is 2.28. The summed E-state index contributed by atoms with van der Waals surface area (Å²) in [6.07, 6.45) is 6.25. The third-order valence-electron chi connectivity index (χ3n) is 4.34. The maximum absolute atomic E-state index is 12.6. The molecule has 3 rings (SSSR count). The molecule has 0 radical (unpaired) electrons. The summed E-state index contributed by atoms with van der Waals surface area (Å²) >= 11 is 2.87. The molecule has 0 aromatic carbocycles. The molecule has 1 aliphatic carbocycles. The number of carbonyl (C=O) groups is 3. The van der Waals surface area contributed by atoms with Crippen molar-refractivity contribution in [1.82, 2.24) is 4.98 Å². The number of fused-ring (bicyclic) bond motifs is 1. The molecule has 7 nitrogen and oxygen atoms in total. The van der Waals surface area contributed by atoms with Crippen molar-refractivity contribution >= 4 is 51.6 Å². The Kier molecular flexibility index (Phi) is 7.38. The van der Waals surface area contributed by atoms with Gasteiger partial charge in [-0.15, -0.1) is 22.7 Å². The van der Waals surface area contributed by atoms with Crippen molar-refractivity contribution in [2.24, 2.45) is 0 Å². The molecule has 1 amide bonds. The molecular formula is C21H24N2O5S2. The summed E-state index contributed by atoms with van der Waals surface area (Å²) in [5.74, 6) is -1.57. The molecule has 0 atom stereocenters. The van der Waals surface area contributed by atoms with E-state index in [9.17, 15) is 14.4 Å². The zero-order valence-corrected chi connectivity index (χ0v) is 18.8. The van der Waals surface area contributed by atoms with Gasteiger partial charge in [0.1, 0.15) is 5.00 Å². The second kappa shape index (κ2) is 9.99. The normalized spacial score (nSPS) is 13.3. The van der Waals surface area contributed by atoms with Crippen LogP contribution in [0.2, 0.25) is 0 Å². The average molecular weight is 449 g/mol. The van der Waals surface area contributed by atoms with Crippen LogP contribution in [0.25, 0.3) is 6.08 Å². The third-order valence-corrected chi connectivity index (χ3v) is 6.34. The number of aromatic nitrogens is 1. The number of hydrogen-bond acceptors (Lipinski definition) is 8. The fourth-order valence-electron chi connectivity index (χ4n) is 3.10. The van der Waals surface area contributed by atoms with Crippen LogP contribution >= 0.6 is 22.7 Å². The van der Waals surface area contributed by atoms with Crippen molar-refractivity contribution in [3.63, 3.8) is 0 Å². The first-order valence-electron chi connectivity index (χ1n) is 9.76. The standard InChI is InChI=1S/C21H24N2O5S2/c1-12(2)28-21(26)19-15-6-4-5-7-16(15)30-20(19)23-17(24)10-27-18(25)9-8-14-11-29-13(3)22-14/h8-9,11-12H,4-7,10H2,1-3H3,(H,23,24)/b9-8+. The van der Waals surface area contributed by atoms with Crippen molar-refractivity contribution < 1.29 is 23.9 Å². The maximum Gasteiger partial charge on any atom is 0.341 e. The Morgan fingerprint density at radius 1 is 1.27 bits per heavy atom. The lowest BCUT2D eigenvalue weighted by atomic mass is 9.95. The number of aryl methyl sites for hydroxylation is 2. The Hall–Kier alpha value is -2.52. The second-order valence-corrected chi connectivity index (χ2v) is 9.32. The minimum atomic E-state index is -0.638. The SMILES string of the molecule is Cc1nc(/C=C/C(=O)OCC(=O)Nc2sc3c(c2C(=O)OC(C)C)CCCC3)cs1. The molecule has 9 heteroatoms. The summed E-state index contributed by atoms with van der Waals surface area (Å²) in [6, 6.07) is 0. The van der Waals surface area contributed by atoms with E-state index in [0.717, 1.165) is 41.1 Å². The Bertz CT molecular complexity index is 974. The Morgan fingerprint density at radius 2 is 2.03 bits per heavy atom. The van der Waals surface area contributed by atoms with E-state index in [1.807, 2.05) is 12.3 Å². The maximum atomic E-state index is 12.6. The third kappa shape index (κ3) is 5.76. The largest absolute Gasteiger partial charge is 0.459 e. The number of anilines is 1. The predicted octanol–water partition coefficient (Wildman–Crippen LogP) is 4.15. The smallest absolute Gasteiger partial charge is 0.341 e. The first-order valence-corrected chi connectivity index (χ1v) is 11.5. The van der Waals surface area contributed by atoms with Crippen molar-refractivity contribution in [2.75, 3.05) is 11.9 Å². The van der Waals surface area contributed by atoms with Gasteiger partial charge in [-0.3, -0.25) is 4.79 Å². The van der Waals surface area contributed by atoms with Crippen molar-refractivity contribution in [3.8, 4) is 0 Å². The molecule has 2 aromatic heterocycles. The first kappa shape index (κ1) is 22.2. The molecule has 160 valence electrons. The van der Waals surface area contributed by atoms with Crippen LogP contribution in [0.4, 0.5) is 5.00 Å². The summed E-state index contributed by atoms with van der Waals surface area (Å²) in [4.78, 5) is 42.1. The summed E-state index contributed by atoms with van der Waals surface area (Å²) < 4.78 is 10.4. The molecule has 0 fully saturated rings. The van der Waals surface area contributed by atoms with Crippen LogP contribution in [-0.4, -0.2) is 35.5 Å². The topological polar surface area (TPSA) is 94.6 Å². The summed E-state index contributed by atoms with van der Waals surface area (Å²) in [6.45, 7) is 5.00. The molecule has 0 aliphatic heterocycles. The lowest BCUT2D eigenvalue weighted by molar-refractivity contribution is -0.142. The monoisotopic (exact) mass is 448 g/mol. The van der Waals surface area contributed by atoms with Crippen LogP contribution in [0.3, 0.4) is 0 Å². The van der Waals surface area contributed by atoms with E-state index in [2.05, 4.69) is 10.3 Å². The van der Waals surface area contributed by atoms with Crippen LogP contribution in [0.15, 0.2) is 11.5 Å². The van der Waals surface area contributed by atoms with Gasteiger partial charge < -0.3 is 14.8 Å². The van der Waals surface area contributed by atoms with Gasteiger partial charge in [-0.05, 0) is 58.1 Å². The molecule has 0 saturated heterocycles. The lowest BCUT2D eigenvalue weighted by Crippen LogP contribution is -2.22. The highest BCUT2D eigenvalue weighted by molar-refractivity contribution is 7.17. The van der Waals surface area contributed by atoms with Crippen LogP contribution < -0.4 is 5.32 Å². The fourth-order valence-corrected chi connectivity index (χ4v) is 4.97.